The summed E-state index contributed by atoms with van der Waals surface area (Å²) >= 11 is 11.5. The molecule has 21 heavy (non-hydrogen) atoms. The van der Waals surface area contributed by atoms with E-state index in [0.29, 0.717) is 22.1 Å². The molecule has 0 fully saturated rings. The van der Waals surface area contributed by atoms with E-state index in [9.17, 15) is 5.11 Å². The predicted molar refractivity (Wildman–Crippen MR) is 95.1 cm³/mol. The van der Waals surface area contributed by atoms with Crippen molar-refractivity contribution in [2.45, 2.75) is 12.7 Å². The fourth-order valence-electron chi connectivity index (χ4n) is 1.88. The van der Waals surface area contributed by atoms with E-state index in [1.54, 1.807) is 31.2 Å². The molecule has 112 valence electrons. The van der Waals surface area contributed by atoms with Gasteiger partial charge >= 0.3 is 0 Å². The fourth-order valence-corrected chi connectivity index (χ4v) is 2.86. The Kier molecular flexibility index (Phi) is 5.40. The van der Waals surface area contributed by atoms with E-state index >= 15 is 0 Å². The van der Waals surface area contributed by atoms with Gasteiger partial charge in [0.25, 0.3) is 0 Å². The van der Waals surface area contributed by atoms with E-state index in [0.717, 1.165) is 8.04 Å². The van der Waals surface area contributed by atoms with Crippen LogP contribution in [0.5, 0.6) is 11.5 Å². The zero-order chi connectivity index (χ0) is 15.6. The average Bonchev–Trinajstić information content (AvgIpc) is 2.43. The fraction of sp³-hybridized carbons (Fsp3) is 0.200. The molecule has 2 aromatic carbocycles. The molecule has 0 aliphatic heterocycles. The lowest BCUT2D eigenvalue weighted by molar-refractivity contribution is -0.130. The Morgan fingerprint density at radius 2 is 1.95 bits per heavy atom. The van der Waals surface area contributed by atoms with Crippen LogP contribution in [0.3, 0.4) is 0 Å². The quantitative estimate of drug-likeness (QED) is 0.494. The lowest BCUT2D eigenvalue weighted by atomic mass is 10.1. The number of ether oxygens (including phenoxy) is 2. The largest absolute Gasteiger partial charge is 0.496 e. The van der Waals surface area contributed by atoms with Crippen LogP contribution in [-0.4, -0.2) is 12.2 Å². The van der Waals surface area contributed by atoms with Crippen molar-refractivity contribution in [3.63, 3.8) is 0 Å². The summed E-state index contributed by atoms with van der Waals surface area (Å²) in [5, 5.41) is 11.2. The summed E-state index contributed by atoms with van der Waals surface area (Å²) in [5.41, 5.74) is 0.505. The topological polar surface area (TPSA) is 38.7 Å². The van der Waals surface area contributed by atoms with Gasteiger partial charge in [-0.25, -0.2) is 0 Å². The summed E-state index contributed by atoms with van der Waals surface area (Å²) < 4.78 is 12.8. The lowest BCUT2D eigenvalue weighted by Crippen LogP contribution is -2.29. The highest BCUT2D eigenvalue weighted by Gasteiger charge is 2.30. The van der Waals surface area contributed by atoms with Gasteiger partial charge in [0.1, 0.15) is 11.5 Å². The van der Waals surface area contributed by atoms with Crippen LogP contribution in [0.25, 0.3) is 0 Å². The summed E-state index contributed by atoms with van der Waals surface area (Å²) in [6.45, 7) is 1.57. The molecule has 2 rings (SSSR count). The first-order valence-corrected chi connectivity index (χ1v) is 8.29. The van der Waals surface area contributed by atoms with E-state index in [1.807, 2.05) is 12.1 Å². The Hall–Kier alpha value is -0.500. The SMILES string of the molecule is COc1cc(Cl)ccc1C(C)(O)Oc1cccc(Br)c1I. The van der Waals surface area contributed by atoms with Crippen molar-refractivity contribution in [1.29, 1.82) is 0 Å². The van der Waals surface area contributed by atoms with E-state index in [2.05, 4.69) is 38.5 Å². The van der Waals surface area contributed by atoms with Crippen molar-refractivity contribution in [1.82, 2.24) is 0 Å². The summed E-state index contributed by atoms with van der Waals surface area (Å²) in [5.74, 6) is -0.499. The maximum absolute atomic E-state index is 10.7. The number of methoxy groups -OCH3 is 1. The molecule has 0 spiro atoms. The molecular formula is C15H13BrClIO3. The molecule has 0 heterocycles. The minimum Gasteiger partial charge on any atom is -0.496 e. The zero-order valence-electron chi connectivity index (χ0n) is 11.4. The molecule has 1 unspecified atom stereocenters. The second-order valence-electron chi connectivity index (χ2n) is 4.48. The molecule has 1 atom stereocenters. The van der Waals surface area contributed by atoms with Crippen molar-refractivity contribution in [3.8, 4) is 11.5 Å². The molecule has 0 saturated carbocycles. The number of halogens is 3. The molecule has 1 N–H and O–H groups in total. The summed E-state index contributed by atoms with van der Waals surface area (Å²) in [6, 6.07) is 10.6. The summed E-state index contributed by atoms with van der Waals surface area (Å²) in [4.78, 5) is 0. The van der Waals surface area contributed by atoms with Gasteiger partial charge in [-0.1, -0.05) is 17.7 Å². The number of benzene rings is 2. The molecule has 0 aromatic heterocycles. The van der Waals surface area contributed by atoms with E-state index in [1.165, 1.54) is 7.11 Å². The molecule has 0 aliphatic rings. The van der Waals surface area contributed by atoms with Crippen molar-refractivity contribution in [2.24, 2.45) is 0 Å². The van der Waals surface area contributed by atoms with Crippen molar-refractivity contribution in [2.75, 3.05) is 7.11 Å². The molecular weight excluding hydrogens is 470 g/mol. The highest BCUT2D eigenvalue weighted by Crippen LogP contribution is 2.37. The van der Waals surface area contributed by atoms with E-state index in [-0.39, 0.29) is 0 Å². The Morgan fingerprint density at radius 3 is 2.62 bits per heavy atom. The van der Waals surface area contributed by atoms with E-state index < -0.39 is 5.79 Å². The van der Waals surface area contributed by atoms with Gasteiger partial charge in [-0.2, -0.15) is 0 Å². The van der Waals surface area contributed by atoms with Gasteiger partial charge in [-0.3, -0.25) is 0 Å². The second kappa shape index (κ2) is 6.73. The molecule has 0 saturated heterocycles. The average molecular weight is 484 g/mol. The molecule has 0 radical (unpaired) electrons. The van der Waals surface area contributed by atoms with Gasteiger partial charge in [-0.05, 0) is 68.9 Å². The van der Waals surface area contributed by atoms with Gasteiger partial charge in [0.2, 0.25) is 5.79 Å². The lowest BCUT2D eigenvalue weighted by Gasteiger charge is -2.27. The van der Waals surface area contributed by atoms with Gasteiger partial charge in [0.15, 0.2) is 0 Å². The first kappa shape index (κ1) is 16.9. The Balaban J connectivity index is 2.40. The molecule has 6 heteroatoms. The highest BCUT2D eigenvalue weighted by molar-refractivity contribution is 14.1. The summed E-state index contributed by atoms with van der Waals surface area (Å²) in [7, 11) is 1.52. The van der Waals surface area contributed by atoms with Crippen LogP contribution in [0.2, 0.25) is 5.02 Å². The molecule has 0 amide bonds. The zero-order valence-corrected chi connectivity index (χ0v) is 15.9. The summed E-state index contributed by atoms with van der Waals surface area (Å²) in [6.07, 6.45) is 0. The van der Waals surface area contributed by atoms with Crippen molar-refractivity contribution >= 4 is 50.1 Å². The van der Waals surface area contributed by atoms with Crippen molar-refractivity contribution < 1.29 is 14.6 Å². The van der Waals surface area contributed by atoms with Crippen molar-refractivity contribution in [3.05, 3.63) is 55.0 Å². The number of aliphatic hydroxyl groups is 1. The first-order valence-electron chi connectivity index (χ1n) is 6.04. The Bertz CT molecular complexity index is 661. The monoisotopic (exact) mass is 482 g/mol. The van der Waals surface area contributed by atoms with Crippen LogP contribution in [0.4, 0.5) is 0 Å². The van der Waals surface area contributed by atoms with Crippen LogP contribution in [-0.2, 0) is 5.79 Å². The Labute approximate surface area is 150 Å². The van der Waals surface area contributed by atoms with E-state index in [4.69, 9.17) is 21.1 Å². The molecule has 0 bridgehead atoms. The first-order chi connectivity index (χ1) is 9.85. The van der Waals surface area contributed by atoms with Gasteiger partial charge in [0.05, 0.1) is 16.2 Å². The molecule has 0 aliphatic carbocycles. The van der Waals surface area contributed by atoms with Crippen LogP contribution in [0.15, 0.2) is 40.9 Å². The van der Waals surface area contributed by atoms with Crippen LogP contribution in [0.1, 0.15) is 12.5 Å². The smallest absolute Gasteiger partial charge is 0.235 e. The minimum absolute atomic E-state index is 0.470. The predicted octanol–water partition coefficient (Wildman–Crippen LogP) is 4.96. The van der Waals surface area contributed by atoms with Gasteiger partial charge in [-0.15, -0.1) is 0 Å². The minimum atomic E-state index is -1.54. The maximum atomic E-state index is 10.7. The number of hydrogen-bond donors (Lipinski definition) is 1. The highest BCUT2D eigenvalue weighted by atomic mass is 127. The Morgan fingerprint density at radius 1 is 1.24 bits per heavy atom. The number of rotatable bonds is 4. The normalized spacial score (nSPS) is 13.6. The number of hydrogen-bond acceptors (Lipinski definition) is 3. The maximum Gasteiger partial charge on any atom is 0.235 e. The molecule has 2 aromatic rings. The third-order valence-electron chi connectivity index (χ3n) is 2.89. The standard InChI is InChI=1S/C15H13BrClIO3/c1-15(19,10-7-6-9(17)8-13(10)20-2)21-12-5-3-4-11(16)14(12)18/h3-8,19H,1-2H3. The van der Waals surface area contributed by atoms with Gasteiger partial charge < -0.3 is 14.6 Å². The van der Waals surface area contributed by atoms with Gasteiger partial charge in [0, 0.05) is 16.4 Å². The van der Waals surface area contributed by atoms with Crippen LogP contribution in [0, 0.1) is 3.57 Å². The van der Waals surface area contributed by atoms with Crippen LogP contribution >= 0.6 is 50.1 Å². The third-order valence-corrected chi connectivity index (χ3v) is 5.64. The third kappa shape index (κ3) is 3.83. The molecule has 3 nitrogen and oxygen atoms in total. The van der Waals surface area contributed by atoms with Crippen LogP contribution < -0.4 is 9.47 Å². The second-order valence-corrected chi connectivity index (χ2v) is 6.85.